The Morgan fingerprint density at radius 2 is 1.00 bits per heavy atom. The normalized spacial score (nSPS) is 11.4. The summed E-state index contributed by atoms with van der Waals surface area (Å²) < 4.78 is 0. The van der Waals surface area contributed by atoms with E-state index in [9.17, 15) is 0 Å². The topological polar surface area (TPSA) is 48.8 Å². The Bertz CT molecular complexity index is 520. The monoisotopic (exact) mass is 264 g/mol. The van der Waals surface area contributed by atoms with Crippen molar-refractivity contribution in [2.24, 2.45) is 10.2 Å². The van der Waals surface area contributed by atoms with Crippen molar-refractivity contribution in [2.75, 3.05) is 10.9 Å². The number of hydrazone groups is 2. The third kappa shape index (κ3) is 5.18. The lowest BCUT2D eigenvalue weighted by Crippen LogP contribution is -1.88. The molecule has 20 heavy (non-hydrogen) atoms. The molecule has 0 aliphatic rings. The van der Waals surface area contributed by atoms with Gasteiger partial charge in [0.15, 0.2) is 0 Å². The summed E-state index contributed by atoms with van der Waals surface area (Å²) in [6, 6.07) is 19.5. The highest BCUT2D eigenvalue weighted by atomic mass is 15.3. The number of hydrogen-bond donors (Lipinski definition) is 2. The number of hydrogen-bond acceptors (Lipinski definition) is 4. The predicted molar refractivity (Wildman–Crippen MR) is 86.3 cm³/mol. The smallest absolute Gasteiger partial charge is 0.0561 e. The predicted octanol–water partition coefficient (Wildman–Crippen LogP) is 3.74. The molecule has 4 nitrogen and oxygen atoms in total. The molecule has 0 saturated heterocycles. The maximum atomic E-state index is 4.05. The Labute approximate surface area is 118 Å². The minimum Gasteiger partial charge on any atom is -0.279 e. The van der Waals surface area contributed by atoms with Crippen LogP contribution in [0.4, 0.5) is 11.4 Å². The van der Waals surface area contributed by atoms with Crippen LogP contribution in [0.15, 0.2) is 83.0 Å². The Hall–Kier alpha value is -2.88. The minimum absolute atomic E-state index is 0.955. The van der Waals surface area contributed by atoms with Crippen LogP contribution in [-0.2, 0) is 0 Å². The van der Waals surface area contributed by atoms with Crippen LogP contribution in [0.5, 0.6) is 0 Å². The maximum absolute atomic E-state index is 4.05. The van der Waals surface area contributed by atoms with Crippen molar-refractivity contribution in [3.05, 3.63) is 72.8 Å². The number of nitrogens with one attached hydrogen (secondary N) is 2. The highest BCUT2D eigenvalue weighted by Crippen LogP contribution is 2.04. The summed E-state index contributed by atoms with van der Waals surface area (Å²) in [5.74, 6) is 0. The fourth-order valence-corrected chi connectivity index (χ4v) is 1.43. The molecule has 2 aromatic carbocycles. The molecule has 4 heteroatoms. The van der Waals surface area contributed by atoms with Gasteiger partial charge in [-0.05, 0) is 36.4 Å². The van der Waals surface area contributed by atoms with Gasteiger partial charge in [-0.2, -0.15) is 10.2 Å². The molecule has 0 saturated carbocycles. The molecule has 0 amide bonds. The second kappa shape index (κ2) is 8.26. The van der Waals surface area contributed by atoms with E-state index in [1.165, 1.54) is 0 Å². The number of nitrogens with zero attached hydrogens (tertiary/aromatic N) is 2. The third-order valence-corrected chi connectivity index (χ3v) is 2.37. The molecule has 0 heterocycles. The van der Waals surface area contributed by atoms with Gasteiger partial charge in [-0.25, -0.2) is 0 Å². The van der Waals surface area contributed by atoms with Crippen molar-refractivity contribution in [1.29, 1.82) is 0 Å². The van der Waals surface area contributed by atoms with Gasteiger partial charge in [-0.3, -0.25) is 10.9 Å². The van der Waals surface area contributed by atoms with Crippen LogP contribution in [0.2, 0.25) is 0 Å². The second-order valence-electron chi connectivity index (χ2n) is 3.90. The molecular formula is C16H16N4. The van der Waals surface area contributed by atoms with Crippen molar-refractivity contribution in [3.63, 3.8) is 0 Å². The maximum Gasteiger partial charge on any atom is 0.0561 e. The first kappa shape index (κ1) is 13.5. The van der Waals surface area contributed by atoms with E-state index in [1.807, 2.05) is 60.7 Å². The Morgan fingerprint density at radius 3 is 1.40 bits per heavy atom. The standard InChI is InChI=1S/C16H16N4/c1-3-9-15(10-4-1)19-17-13-7-8-14-18-20-16-11-5-2-6-12-16/h1-14,19-20H/b8-7-,17-13+,18-14+. The molecule has 0 aliphatic carbocycles. The van der Waals surface area contributed by atoms with Crippen molar-refractivity contribution in [3.8, 4) is 0 Å². The third-order valence-electron chi connectivity index (χ3n) is 2.37. The first-order valence-corrected chi connectivity index (χ1v) is 6.28. The van der Waals surface area contributed by atoms with Gasteiger partial charge in [0.05, 0.1) is 11.4 Å². The SMILES string of the molecule is C(=C/C=N/Nc1ccccc1)/C=N/Nc1ccccc1. The molecule has 0 aromatic heterocycles. The Morgan fingerprint density at radius 1 is 0.600 bits per heavy atom. The molecule has 2 N–H and O–H groups in total. The van der Waals surface area contributed by atoms with E-state index in [1.54, 1.807) is 24.6 Å². The van der Waals surface area contributed by atoms with Crippen LogP contribution in [0.3, 0.4) is 0 Å². The quantitative estimate of drug-likeness (QED) is 0.617. The van der Waals surface area contributed by atoms with Gasteiger partial charge in [0.25, 0.3) is 0 Å². The second-order valence-corrected chi connectivity index (χ2v) is 3.90. The van der Waals surface area contributed by atoms with Gasteiger partial charge in [0.1, 0.15) is 0 Å². The van der Waals surface area contributed by atoms with Gasteiger partial charge in [-0.1, -0.05) is 36.4 Å². The number of anilines is 2. The molecule has 0 fully saturated rings. The van der Waals surface area contributed by atoms with Crippen molar-refractivity contribution in [2.45, 2.75) is 0 Å². The molecule has 0 aliphatic heterocycles. The van der Waals surface area contributed by atoms with Crippen molar-refractivity contribution >= 4 is 23.8 Å². The van der Waals surface area contributed by atoms with Crippen LogP contribution in [0.25, 0.3) is 0 Å². The van der Waals surface area contributed by atoms with Crippen molar-refractivity contribution in [1.82, 2.24) is 0 Å². The number of benzene rings is 2. The largest absolute Gasteiger partial charge is 0.279 e. The van der Waals surface area contributed by atoms with Crippen LogP contribution >= 0.6 is 0 Å². The summed E-state index contributed by atoms with van der Waals surface area (Å²) in [6.07, 6.45) is 6.93. The Kier molecular flexibility index (Phi) is 5.60. The van der Waals surface area contributed by atoms with E-state index < -0.39 is 0 Å². The first-order valence-electron chi connectivity index (χ1n) is 6.28. The summed E-state index contributed by atoms with van der Waals surface area (Å²) in [6.45, 7) is 0. The number of rotatable bonds is 6. The fraction of sp³-hybridized carbons (Fsp3) is 0. The van der Waals surface area contributed by atoms with E-state index >= 15 is 0 Å². The van der Waals surface area contributed by atoms with Crippen LogP contribution in [-0.4, -0.2) is 12.4 Å². The first-order chi connectivity index (χ1) is 9.95. The summed E-state index contributed by atoms with van der Waals surface area (Å²) in [5, 5.41) is 8.11. The highest BCUT2D eigenvalue weighted by molar-refractivity contribution is 5.82. The molecule has 0 atom stereocenters. The molecule has 0 unspecified atom stereocenters. The average molecular weight is 264 g/mol. The van der Waals surface area contributed by atoms with Crippen LogP contribution in [0.1, 0.15) is 0 Å². The lowest BCUT2D eigenvalue weighted by molar-refractivity contribution is 1.35. The van der Waals surface area contributed by atoms with Gasteiger partial charge in [0.2, 0.25) is 0 Å². The lowest BCUT2D eigenvalue weighted by atomic mass is 10.3. The van der Waals surface area contributed by atoms with E-state index in [0.29, 0.717) is 0 Å². The van der Waals surface area contributed by atoms with E-state index in [0.717, 1.165) is 11.4 Å². The van der Waals surface area contributed by atoms with Crippen LogP contribution < -0.4 is 10.9 Å². The molecule has 0 spiro atoms. The summed E-state index contributed by atoms with van der Waals surface area (Å²) in [5.41, 5.74) is 7.75. The summed E-state index contributed by atoms with van der Waals surface area (Å²) in [7, 11) is 0. The molecule has 100 valence electrons. The van der Waals surface area contributed by atoms with Gasteiger partial charge in [0, 0.05) is 12.4 Å². The van der Waals surface area contributed by atoms with Gasteiger partial charge >= 0.3 is 0 Å². The molecular weight excluding hydrogens is 248 g/mol. The lowest BCUT2D eigenvalue weighted by Gasteiger charge is -1.96. The van der Waals surface area contributed by atoms with E-state index in [-0.39, 0.29) is 0 Å². The zero-order valence-corrected chi connectivity index (χ0v) is 11.0. The summed E-state index contributed by atoms with van der Waals surface area (Å²) >= 11 is 0. The zero-order valence-electron chi connectivity index (χ0n) is 11.0. The molecule has 0 bridgehead atoms. The number of allylic oxidation sites excluding steroid dienone is 2. The van der Waals surface area contributed by atoms with E-state index in [2.05, 4.69) is 21.1 Å². The molecule has 2 rings (SSSR count). The van der Waals surface area contributed by atoms with E-state index in [4.69, 9.17) is 0 Å². The van der Waals surface area contributed by atoms with Gasteiger partial charge in [-0.15, -0.1) is 0 Å². The van der Waals surface area contributed by atoms with Crippen molar-refractivity contribution < 1.29 is 0 Å². The fourth-order valence-electron chi connectivity index (χ4n) is 1.43. The Balaban J connectivity index is 1.69. The minimum atomic E-state index is 0.955. The van der Waals surface area contributed by atoms with Crippen LogP contribution in [0, 0.1) is 0 Å². The summed E-state index contributed by atoms with van der Waals surface area (Å²) in [4.78, 5) is 0. The average Bonchev–Trinajstić information content (AvgIpc) is 2.52. The molecule has 2 aromatic rings. The highest BCUT2D eigenvalue weighted by Gasteiger charge is 1.83. The number of para-hydroxylation sites is 2. The van der Waals surface area contributed by atoms with Gasteiger partial charge < -0.3 is 0 Å². The zero-order chi connectivity index (χ0) is 13.9. The molecule has 0 radical (unpaired) electrons.